The van der Waals surface area contributed by atoms with Gasteiger partial charge in [0.1, 0.15) is 5.78 Å². The average Bonchev–Trinajstić information content (AvgIpc) is 2.83. The molecule has 1 atom stereocenters. The van der Waals surface area contributed by atoms with Gasteiger partial charge >= 0.3 is 0 Å². The summed E-state index contributed by atoms with van der Waals surface area (Å²) in [5, 5.41) is 0. The van der Waals surface area contributed by atoms with Gasteiger partial charge in [0.2, 0.25) is 5.92 Å². The van der Waals surface area contributed by atoms with Gasteiger partial charge in [-0.3, -0.25) is 4.79 Å². The van der Waals surface area contributed by atoms with Crippen molar-refractivity contribution in [2.75, 3.05) is 0 Å². The van der Waals surface area contributed by atoms with Crippen LogP contribution in [-0.2, 0) is 4.79 Å². The highest BCUT2D eigenvalue weighted by atomic mass is 19.3. The fourth-order valence-corrected chi connectivity index (χ4v) is 2.31. The molecule has 1 unspecified atom stereocenters. The van der Waals surface area contributed by atoms with E-state index in [1.807, 2.05) is 0 Å². The number of hydrogen-bond donors (Lipinski definition) is 0. The minimum atomic E-state index is -2.51. The zero-order valence-electron chi connectivity index (χ0n) is 8.27. The van der Waals surface area contributed by atoms with Gasteiger partial charge < -0.3 is 0 Å². The molecule has 0 radical (unpaired) electrons. The Hall–Kier alpha value is -0.470. The molecule has 2 fully saturated rings. The third-order valence-electron chi connectivity index (χ3n) is 3.26. The molecule has 0 N–H and O–H groups in total. The van der Waals surface area contributed by atoms with E-state index in [9.17, 15) is 13.6 Å². The second-order valence-corrected chi connectivity index (χ2v) is 4.76. The molecule has 0 amide bonds. The Kier molecular flexibility index (Phi) is 2.58. The smallest absolute Gasteiger partial charge is 0.248 e. The Morgan fingerprint density at radius 2 is 2.00 bits per heavy atom. The molecular formula is C11H16F2O. The molecule has 14 heavy (non-hydrogen) atoms. The van der Waals surface area contributed by atoms with Crippen molar-refractivity contribution < 1.29 is 13.6 Å². The number of rotatable bonds is 3. The van der Waals surface area contributed by atoms with Crippen molar-refractivity contribution in [1.29, 1.82) is 0 Å². The van der Waals surface area contributed by atoms with Gasteiger partial charge in [0.05, 0.1) is 0 Å². The lowest BCUT2D eigenvalue weighted by Gasteiger charge is -2.28. The Labute approximate surface area is 82.9 Å². The lowest BCUT2D eigenvalue weighted by molar-refractivity contribution is -0.122. The maximum atomic E-state index is 13.0. The van der Waals surface area contributed by atoms with E-state index < -0.39 is 5.92 Å². The van der Waals surface area contributed by atoms with Crippen LogP contribution in [0.1, 0.15) is 44.9 Å². The summed E-state index contributed by atoms with van der Waals surface area (Å²) < 4.78 is 26.0. The molecule has 2 saturated carbocycles. The van der Waals surface area contributed by atoms with E-state index in [1.54, 1.807) is 0 Å². The summed E-state index contributed by atoms with van der Waals surface area (Å²) in [6, 6.07) is 0. The molecule has 0 aromatic carbocycles. The van der Waals surface area contributed by atoms with E-state index in [4.69, 9.17) is 0 Å². The molecule has 80 valence electrons. The number of carbonyl (C=O) groups is 1. The topological polar surface area (TPSA) is 17.1 Å². The van der Waals surface area contributed by atoms with E-state index in [0.29, 0.717) is 12.8 Å². The first-order valence-electron chi connectivity index (χ1n) is 5.47. The van der Waals surface area contributed by atoms with Gasteiger partial charge in [0, 0.05) is 25.2 Å². The second kappa shape index (κ2) is 3.59. The fourth-order valence-electron chi connectivity index (χ4n) is 2.31. The minimum absolute atomic E-state index is 0.0150. The van der Waals surface area contributed by atoms with Crippen molar-refractivity contribution in [3.05, 3.63) is 0 Å². The quantitative estimate of drug-likeness (QED) is 0.687. The maximum absolute atomic E-state index is 13.0. The summed E-state index contributed by atoms with van der Waals surface area (Å²) in [6.45, 7) is 0. The van der Waals surface area contributed by atoms with Crippen LogP contribution in [0, 0.1) is 11.8 Å². The molecule has 2 rings (SSSR count). The number of halogens is 2. The summed E-state index contributed by atoms with van der Waals surface area (Å²) in [4.78, 5) is 11.4. The van der Waals surface area contributed by atoms with Crippen molar-refractivity contribution in [2.45, 2.75) is 50.9 Å². The van der Waals surface area contributed by atoms with Crippen LogP contribution in [0.4, 0.5) is 8.78 Å². The number of carbonyl (C=O) groups excluding carboxylic acids is 1. The van der Waals surface area contributed by atoms with Crippen LogP contribution in [0.15, 0.2) is 0 Å². The van der Waals surface area contributed by atoms with E-state index in [1.165, 1.54) is 0 Å². The maximum Gasteiger partial charge on any atom is 0.248 e. The lowest BCUT2D eigenvalue weighted by atomic mass is 9.83. The van der Waals surface area contributed by atoms with E-state index in [-0.39, 0.29) is 30.5 Å². The summed E-state index contributed by atoms with van der Waals surface area (Å²) >= 11 is 0. The van der Waals surface area contributed by atoms with Gasteiger partial charge in [-0.05, 0) is 31.6 Å². The molecule has 0 aliphatic heterocycles. The number of ketones is 1. The fraction of sp³-hybridized carbons (Fsp3) is 0.909. The van der Waals surface area contributed by atoms with Crippen molar-refractivity contribution in [3.63, 3.8) is 0 Å². The van der Waals surface area contributed by atoms with Crippen LogP contribution in [-0.4, -0.2) is 11.7 Å². The molecule has 0 heterocycles. The van der Waals surface area contributed by atoms with Crippen LogP contribution in [0.25, 0.3) is 0 Å². The molecule has 2 aliphatic rings. The Bertz CT molecular complexity index is 233. The molecule has 2 aliphatic carbocycles. The van der Waals surface area contributed by atoms with Gasteiger partial charge in [0.15, 0.2) is 0 Å². The molecular weight excluding hydrogens is 186 g/mol. The summed E-state index contributed by atoms with van der Waals surface area (Å²) in [6.07, 6.45) is 3.72. The molecule has 3 heteroatoms. The van der Waals surface area contributed by atoms with Crippen molar-refractivity contribution in [1.82, 2.24) is 0 Å². The van der Waals surface area contributed by atoms with Crippen molar-refractivity contribution in [2.24, 2.45) is 11.8 Å². The van der Waals surface area contributed by atoms with Crippen LogP contribution < -0.4 is 0 Å². The van der Waals surface area contributed by atoms with Crippen LogP contribution in [0.2, 0.25) is 0 Å². The zero-order valence-corrected chi connectivity index (χ0v) is 8.27. The van der Waals surface area contributed by atoms with Crippen LogP contribution in [0.3, 0.4) is 0 Å². The second-order valence-electron chi connectivity index (χ2n) is 4.76. The van der Waals surface area contributed by atoms with Gasteiger partial charge in [-0.1, -0.05) is 0 Å². The van der Waals surface area contributed by atoms with Gasteiger partial charge in [0.25, 0.3) is 0 Å². The van der Waals surface area contributed by atoms with Crippen molar-refractivity contribution >= 4 is 5.78 Å². The van der Waals surface area contributed by atoms with Gasteiger partial charge in [-0.25, -0.2) is 8.78 Å². The standard InChI is InChI=1S/C11H16F2O/c12-11(13)5-1-2-8(7-11)6-10(14)9-3-4-9/h8-9H,1-7H2. The summed E-state index contributed by atoms with van der Waals surface area (Å²) in [5.41, 5.74) is 0. The highest BCUT2D eigenvalue weighted by molar-refractivity contribution is 5.83. The Morgan fingerprint density at radius 1 is 1.29 bits per heavy atom. The zero-order chi connectivity index (χ0) is 10.2. The first-order valence-corrected chi connectivity index (χ1v) is 5.47. The van der Waals surface area contributed by atoms with Crippen LogP contribution in [0.5, 0.6) is 0 Å². The molecule has 1 nitrogen and oxygen atoms in total. The normalized spacial score (nSPS) is 31.4. The molecule has 0 aromatic rings. The van der Waals surface area contributed by atoms with Crippen molar-refractivity contribution in [3.8, 4) is 0 Å². The van der Waals surface area contributed by atoms with Crippen LogP contribution >= 0.6 is 0 Å². The van der Waals surface area contributed by atoms with E-state index in [0.717, 1.165) is 19.3 Å². The average molecular weight is 202 g/mol. The van der Waals surface area contributed by atoms with Gasteiger partial charge in [-0.2, -0.15) is 0 Å². The third-order valence-corrected chi connectivity index (χ3v) is 3.26. The lowest BCUT2D eigenvalue weighted by Crippen LogP contribution is -2.27. The first-order chi connectivity index (χ1) is 6.57. The molecule has 0 saturated heterocycles. The first kappa shape index (κ1) is 10.1. The highest BCUT2D eigenvalue weighted by Gasteiger charge is 2.38. The molecule has 0 spiro atoms. The molecule has 0 bridgehead atoms. The predicted octanol–water partition coefficient (Wildman–Crippen LogP) is 3.18. The summed E-state index contributed by atoms with van der Waals surface area (Å²) in [7, 11) is 0. The molecule has 0 aromatic heterocycles. The van der Waals surface area contributed by atoms with E-state index in [2.05, 4.69) is 0 Å². The Morgan fingerprint density at radius 3 is 2.57 bits per heavy atom. The van der Waals surface area contributed by atoms with E-state index >= 15 is 0 Å². The SMILES string of the molecule is O=C(CC1CCCC(F)(F)C1)C1CC1. The number of hydrogen-bond acceptors (Lipinski definition) is 1. The monoisotopic (exact) mass is 202 g/mol. The minimum Gasteiger partial charge on any atom is -0.299 e. The van der Waals surface area contributed by atoms with Gasteiger partial charge in [-0.15, -0.1) is 0 Å². The Balaban J connectivity index is 1.82. The largest absolute Gasteiger partial charge is 0.299 e. The third kappa shape index (κ3) is 2.52. The highest BCUT2D eigenvalue weighted by Crippen LogP contribution is 2.40. The summed E-state index contributed by atoms with van der Waals surface area (Å²) in [5.74, 6) is -2.10. The number of Topliss-reactive ketones (excluding diaryl/α,β-unsaturated/α-hetero) is 1. The predicted molar refractivity (Wildman–Crippen MR) is 49.3 cm³/mol. The number of alkyl halides is 2.